The molecule has 0 saturated heterocycles. The number of aromatic hydroxyl groups is 1. The van der Waals surface area contributed by atoms with Crippen LogP contribution in [0.5, 0.6) is 11.5 Å². The van der Waals surface area contributed by atoms with Crippen LogP contribution in [-0.2, 0) is 19.4 Å². The van der Waals surface area contributed by atoms with Crippen molar-refractivity contribution in [3.8, 4) is 11.5 Å². The second-order valence-corrected chi connectivity index (χ2v) is 5.89. The van der Waals surface area contributed by atoms with E-state index in [2.05, 4.69) is 19.9 Å². The van der Waals surface area contributed by atoms with Gasteiger partial charge in [0.05, 0.1) is 0 Å². The Balaban J connectivity index is 2.19. The van der Waals surface area contributed by atoms with Gasteiger partial charge in [-0.25, -0.2) is 4.79 Å². The van der Waals surface area contributed by atoms with Crippen LogP contribution in [0.3, 0.4) is 0 Å². The number of ether oxygens (including phenoxy) is 1. The number of phenols is 1. The largest absolute Gasteiger partial charge is 0.507 e. The van der Waals surface area contributed by atoms with E-state index in [9.17, 15) is 9.90 Å². The lowest BCUT2D eigenvalue weighted by atomic mass is 10.0. The van der Waals surface area contributed by atoms with Crippen molar-refractivity contribution in [2.24, 2.45) is 0 Å². The molecule has 0 spiro atoms. The summed E-state index contributed by atoms with van der Waals surface area (Å²) in [7, 11) is 0. The third-order valence-electron chi connectivity index (χ3n) is 3.85. The summed E-state index contributed by atoms with van der Waals surface area (Å²) in [6, 6.07) is 10.9. The van der Waals surface area contributed by atoms with Gasteiger partial charge in [-0.3, -0.25) is 0 Å². The van der Waals surface area contributed by atoms with Gasteiger partial charge >= 0.3 is 5.97 Å². The highest BCUT2D eigenvalue weighted by Crippen LogP contribution is 2.25. The molecule has 0 aliphatic heterocycles. The lowest BCUT2D eigenvalue weighted by Crippen LogP contribution is -2.02. The molecule has 24 heavy (non-hydrogen) atoms. The zero-order chi connectivity index (χ0) is 17.5. The second-order valence-electron chi connectivity index (χ2n) is 5.89. The maximum absolute atomic E-state index is 11.1. The monoisotopic (exact) mass is 328 g/mol. The Kier molecular flexibility index (Phi) is 6.24. The number of carbonyl (C=O) groups is 1. The average Bonchev–Trinajstić information content (AvgIpc) is 2.54. The highest BCUT2D eigenvalue weighted by atomic mass is 16.5. The van der Waals surface area contributed by atoms with Gasteiger partial charge in [0.15, 0.2) is 0 Å². The minimum absolute atomic E-state index is 0.109. The molecule has 0 saturated carbocycles. The van der Waals surface area contributed by atoms with Gasteiger partial charge in [-0.15, -0.1) is 0 Å². The number of carboxylic acids is 1. The van der Waals surface area contributed by atoms with E-state index in [1.165, 1.54) is 17.2 Å². The maximum atomic E-state index is 11.1. The van der Waals surface area contributed by atoms with E-state index in [0.29, 0.717) is 5.56 Å². The van der Waals surface area contributed by atoms with Crippen molar-refractivity contribution in [3.05, 3.63) is 58.7 Å². The first-order valence-corrected chi connectivity index (χ1v) is 8.35. The van der Waals surface area contributed by atoms with Crippen LogP contribution in [0.15, 0.2) is 36.4 Å². The third kappa shape index (κ3) is 4.51. The van der Waals surface area contributed by atoms with E-state index in [-0.39, 0.29) is 17.9 Å². The van der Waals surface area contributed by atoms with Crippen molar-refractivity contribution in [1.29, 1.82) is 0 Å². The smallest absolute Gasteiger partial charge is 0.339 e. The number of carboxylic acid groups (broad SMARTS) is 1. The summed E-state index contributed by atoms with van der Waals surface area (Å²) >= 11 is 0. The number of benzene rings is 2. The van der Waals surface area contributed by atoms with Crippen LogP contribution >= 0.6 is 0 Å². The Morgan fingerprint density at radius 1 is 1.04 bits per heavy atom. The number of para-hydroxylation sites is 1. The first-order valence-electron chi connectivity index (χ1n) is 8.35. The van der Waals surface area contributed by atoms with Gasteiger partial charge in [0.25, 0.3) is 0 Å². The van der Waals surface area contributed by atoms with E-state index < -0.39 is 5.97 Å². The molecule has 0 aliphatic rings. The van der Waals surface area contributed by atoms with Gasteiger partial charge in [0, 0.05) is 5.56 Å². The number of rotatable bonds is 8. The zero-order valence-corrected chi connectivity index (χ0v) is 14.2. The normalized spacial score (nSPS) is 10.6. The summed E-state index contributed by atoms with van der Waals surface area (Å²) in [6.07, 6.45) is 4.12. The van der Waals surface area contributed by atoms with Gasteiger partial charge in [0.2, 0.25) is 0 Å². The van der Waals surface area contributed by atoms with Crippen LogP contribution in [0.2, 0.25) is 0 Å². The minimum Gasteiger partial charge on any atom is -0.507 e. The van der Waals surface area contributed by atoms with E-state index >= 15 is 0 Å². The molecule has 0 heterocycles. The number of hydrogen-bond acceptors (Lipinski definition) is 3. The van der Waals surface area contributed by atoms with Gasteiger partial charge < -0.3 is 14.9 Å². The minimum atomic E-state index is -1.15. The molecule has 0 amide bonds. The molecule has 0 atom stereocenters. The number of aromatic carboxylic acids is 1. The highest BCUT2D eigenvalue weighted by molar-refractivity contribution is 5.91. The summed E-state index contributed by atoms with van der Waals surface area (Å²) in [6.45, 7) is 4.42. The van der Waals surface area contributed by atoms with Crippen LogP contribution in [-0.4, -0.2) is 16.2 Å². The topological polar surface area (TPSA) is 66.8 Å². The molecule has 2 aromatic rings. The average molecular weight is 328 g/mol. The van der Waals surface area contributed by atoms with E-state index in [4.69, 9.17) is 9.84 Å². The second kappa shape index (κ2) is 8.39. The van der Waals surface area contributed by atoms with Gasteiger partial charge in [0.1, 0.15) is 23.7 Å². The van der Waals surface area contributed by atoms with Gasteiger partial charge in [-0.05, 0) is 42.2 Å². The molecule has 0 radical (unpaired) electrons. The first-order chi connectivity index (χ1) is 11.5. The van der Waals surface area contributed by atoms with Crippen molar-refractivity contribution in [2.45, 2.75) is 46.1 Å². The van der Waals surface area contributed by atoms with Crippen LogP contribution in [0, 0.1) is 0 Å². The van der Waals surface area contributed by atoms with Gasteiger partial charge in [-0.1, -0.05) is 44.9 Å². The predicted molar refractivity (Wildman–Crippen MR) is 93.8 cm³/mol. The molecular weight excluding hydrogens is 304 g/mol. The molecule has 0 bridgehead atoms. The standard InChI is InChI=1S/C20H24O4/c1-3-6-14-10-15(7-4-2)12-17(11-14)24-13-16-8-5-9-18(19(16)21)20(22)23/h5,8-12,21H,3-4,6-7,13H2,1-2H3,(H,22,23). The van der Waals surface area contributed by atoms with Crippen LogP contribution in [0.25, 0.3) is 0 Å². The Morgan fingerprint density at radius 3 is 2.21 bits per heavy atom. The molecule has 0 unspecified atom stereocenters. The molecule has 2 aromatic carbocycles. The maximum Gasteiger partial charge on any atom is 0.339 e. The van der Waals surface area contributed by atoms with Crippen molar-refractivity contribution in [1.82, 2.24) is 0 Å². The first kappa shape index (κ1) is 17.9. The highest BCUT2D eigenvalue weighted by Gasteiger charge is 2.13. The quantitative estimate of drug-likeness (QED) is 0.744. The fourth-order valence-corrected chi connectivity index (χ4v) is 2.72. The molecule has 4 heteroatoms. The molecule has 0 fully saturated rings. The zero-order valence-electron chi connectivity index (χ0n) is 14.2. The molecule has 4 nitrogen and oxygen atoms in total. The molecule has 0 aromatic heterocycles. The van der Waals surface area contributed by atoms with Crippen molar-refractivity contribution in [3.63, 3.8) is 0 Å². The lowest BCUT2D eigenvalue weighted by molar-refractivity contribution is 0.0693. The molecule has 2 N–H and O–H groups in total. The van der Waals surface area contributed by atoms with Crippen molar-refractivity contribution < 1.29 is 19.7 Å². The van der Waals surface area contributed by atoms with Crippen LogP contribution in [0.4, 0.5) is 0 Å². The molecular formula is C20H24O4. The summed E-state index contributed by atoms with van der Waals surface area (Å²) in [5.74, 6) is -0.627. The van der Waals surface area contributed by atoms with E-state index in [1.54, 1.807) is 12.1 Å². The summed E-state index contributed by atoms with van der Waals surface area (Å²) in [5.41, 5.74) is 2.83. The Morgan fingerprint density at radius 2 is 1.67 bits per heavy atom. The summed E-state index contributed by atoms with van der Waals surface area (Å²) in [4.78, 5) is 11.1. The van der Waals surface area contributed by atoms with E-state index in [0.717, 1.165) is 31.4 Å². The fourth-order valence-electron chi connectivity index (χ4n) is 2.72. The number of hydrogen-bond donors (Lipinski definition) is 2. The Labute approximate surface area is 142 Å². The Hall–Kier alpha value is -2.49. The summed E-state index contributed by atoms with van der Waals surface area (Å²) in [5, 5.41) is 19.1. The molecule has 0 aliphatic carbocycles. The predicted octanol–water partition coefficient (Wildman–Crippen LogP) is 4.57. The number of aryl methyl sites for hydroxylation is 2. The molecule has 128 valence electrons. The SMILES string of the molecule is CCCc1cc(CCC)cc(OCc2cccc(C(=O)O)c2O)c1. The van der Waals surface area contributed by atoms with Gasteiger partial charge in [-0.2, -0.15) is 0 Å². The molecule has 2 rings (SSSR count). The van der Waals surface area contributed by atoms with Crippen LogP contribution in [0.1, 0.15) is 53.7 Å². The van der Waals surface area contributed by atoms with Crippen molar-refractivity contribution in [2.75, 3.05) is 0 Å². The van der Waals surface area contributed by atoms with Crippen molar-refractivity contribution >= 4 is 5.97 Å². The van der Waals surface area contributed by atoms with E-state index in [1.807, 2.05) is 12.1 Å². The summed E-state index contributed by atoms with van der Waals surface area (Å²) < 4.78 is 5.83. The fraction of sp³-hybridized carbons (Fsp3) is 0.350. The third-order valence-corrected chi connectivity index (χ3v) is 3.85. The lowest BCUT2D eigenvalue weighted by Gasteiger charge is -2.12. The van der Waals surface area contributed by atoms with Crippen LogP contribution < -0.4 is 4.74 Å². The Bertz CT molecular complexity index is 683.